The molecule has 0 unspecified atom stereocenters. The van der Waals surface area contributed by atoms with Crippen molar-refractivity contribution in [2.75, 3.05) is 0 Å². The number of ketones is 6. The summed E-state index contributed by atoms with van der Waals surface area (Å²) in [7, 11) is 0. The minimum atomic E-state index is -0.459. The molecule has 0 aliphatic carbocycles. The number of rotatable bonds is 12. The summed E-state index contributed by atoms with van der Waals surface area (Å²) in [5, 5.41) is 0. The van der Waals surface area contributed by atoms with E-state index in [1.54, 1.807) is 0 Å². The van der Waals surface area contributed by atoms with Crippen LogP contribution in [0.5, 0.6) is 0 Å². The predicted molar refractivity (Wildman–Crippen MR) is 174 cm³/mol. The molecular weight excluding hydrogens is 703 g/mol. The van der Waals surface area contributed by atoms with Gasteiger partial charge in [0.25, 0.3) is 0 Å². The minimum absolute atomic E-state index is 0. The van der Waals surface area contributed by atoms with Crippen LogP contribution in [-0.4, -0.2) is 34.7 Å². The molecule has 0 aliphatic rings. The van der Waals surface area contributed by atoms with E-state index >= 15 is 0 Å². The van der Waals surface area contributed by atoms with Crippen molar-refractivity contribution in [3.8, 4) is 0 Å². The van der Waals surface area contributed by atoms with Gasteiger partial charge in [-0.05, 0) is 51.8 Å². The van der Waals surface area contributed by atoms with Gasteiger partial charge in [-0.2, -0.15) is 0 Å². The van der Waals surface area contributed by atoms with Crippen LogP contribution in [0.2, 0.25) is 0 Å². The largest absolute Gasteiger partial charge is 3.00 e. The van der Waals surface area contributed by atoms with E-state index in [1.165, 1.54) is 19.3 Å². The molecule has 0 bridgehead atoms. The number of Topliss-reactive ketones (excluding diaryl/α,β-unsaturated/α-hetero) is 6. The molecule has 0 saturated heterocycles. The summed E-state index contributed by atoms with van der Waals surface area (Å²) in [5.74, 6) is -0.489. The van der Waals surface area contributed by atoms with Crippen LogP contribution < -0.4 is 0 Å². The maximum absolute atomic E-state index is 11.7. The molecule has 6 nitrogen and oxygen atoms in total. The summed E-state index contributed by atoms with van der Waals surface area (Å²) < 4.78 is 0. The summed E-state index contributed by atoms with van der Waals surface area (Å²) in [5.41, 5.74) is -2.62. The van der Waals surface area contributed by atoms with Gasteiger partial charge in [0.2, 0.25) is 0 Å². The molecule has 0 fully saturated rings. The van der Waals surface area contributed by atoms with Crippen LogP contribution in [0.15, 0.2) is 0 Å². The molecule has 0 aliphatic heterocycles. The summed E-state index contributed by atoms with van der Waals surface area (Å²) >= 11 is 0. The van der Waals surface area contributed by atoms with E-state index in [-0.39, 0.29) is 71.6 Å². The Morgan fingerprint density at radius 3 is 0.581 bits per heavy atom. The molecule has 0 N–H and O–H groups in total. The third-order valence-corrected chi connectivity index (χ3v) is 7.66. The first-order valence-electron chi connectivity index (χ1n) is 15.1. The molecule has 43 heavy (non-hydrogen) atoms. The summed E-state index contributed by atoms with van der Waals surface area (Å²) in [4.78, 5) is 69.7. The van der Waals surface area contributed by atoms with Gasteiger partial charge < -0.3 is 28.8 Å². The van der Waals surface area contributed by atoms with E-state index in [2.05, 4.69) is 0 Å². The molecule has 0 aromatic carbocycles. The van der Waals surface area contributed by atoms with E-state index in [0.29, 0.717) is 0 Å². The van der Waals surface area contributed by atoms with Gasteiger partial charge in [-0.1, -0.05) is 125 Å². The van der Waals surface area contributed by atoms with Crippen LogP contribution in [0.25, 0.3) is 0 Å². The molecule has 0 rings (SSSR count). The maximum atomic E-state index is 11.7. The Bertz CT molecular complexity index is 824. The first kappa shape index (κ1) is 48.8. The third-order valence-electron chi connectivity index (χ3n) is 7.66. The van der Waals surface area contributed by atoms with Crippen molar-refractivity contribution in [2.45, 2.75) is 144 Å². The summed E-state index contributed by atoms with van der Waals surface area (Å²) in [6, 6.07) is 0. The first-order chi connectivity index (χ1) is 18.3. The Balaban J connectivity index is -0.000000262. The van der Waals surface area contributed by atoms with Crippen molar-refractivity contribution < 1.29 is 65.6 Å². The van der Waals surface area contributed by atoms with E-state index in [9.17, 15) is 28.8 Å². The Kier molecular flexibility index (Phi) is 21.3. The zero-order valence-electron chi connectivity index (χ0n) is 30.6. The Morgan fingerprint density at radius 2 is 0.488 bits per heavy atom. The second-order valence-electron chi connectivity index (χ2n) is 16.1. The average Bonchev–Trinajstić information content (AvgIpc) is 2.82. The SMILES string of the molecule is CCC(C)(C)C(=O)[CH-]C(=O)C(C)(C)C.CCC(C)(C)C(=O)[CH-]C(=O)C(C)(C)C.CCC(C)(C)C(=O)[CH-]C(=O)C(C)(C)C.[Lu+3]. The van der Waals surface area contributed by atoms with Gasteiger partial charge in [0.15, 0.2) is 0 Å². The third kappa shape index (κ3) is 19.8. The van der Waals surface area contributed by atoms with Crippen molar-refractivity contribution in [3.05, 3.63) is 19.3 Å². The second-order valence-corrected chi connectivity index (χ2v) is 16.1. The van der Waals surface area contributed by atoms with Crippen LogP contribution in [0.4, 0.5) is 0 Å². The van der Waals surface area contributed by atoms with E-state index in [1.807, 2.05) is 125 Å². The normalized spacial score (nSPS) is 12.1. The van der Waals surface area contributed by atoms with Gasteiger partial charge in [-0.15, -0.1) is 0 Å². The second kappa shape index (κ2) is 18.7. The average molecular weight is 767 g/mol. The zero-order chi connectivity index (χ0) is 34.7. The molecule has 7 heteroatoms. The van der Waals surface area contributed by atoms with Gasteiger partial charge in [0.05, 0.1) is 0 Å². The van der Waals surface area contributed by atoms with Crippen molar-refractivity contribution in [1.29, 1.82) is 0 Å². The number of hydrogen-bond donors (Lipinski definition) is 0. The standard InChI is InChI=1S/3C12H21O2.Lu/c3*1-7-12(5,6)10(14)8-9(13)11(2,3)4;/h3*8H,7H2,1-6H3;/q3*-1;+3. The topological polar surface area (TPSA) is 102 Å². The molecule has 0 aromatic heterocycles. The van der Waals surface area contributed by atoms with Crippen molar-refractivity contribution in [2.24, 2.45) is 32.5 Å². The fraction of sp³-hybridized carbons (Fsp3) is 0.750. The van der Waals surface area contributed by atoms with Crippen LogP contribution in [0.3, 0.4) is 0 Å². The van der Waals surface area contributed by atoms with Crippen molar-refractivity contribution in [1.82, 2.24) is 0 Å². The first-order valence-corrected chi connectivity index (χ1v) is 15.1. The molecule has 0 radical (unpaired) electrons. The monoisotopic (exact) mass is 766 g/mol. The molecule has 0 saturated carbocycles. The Labute approximate surface area is 294 Å². The van der Waals surface area contributed by atoms with E-state index in [0.717, 1.165) is 19.3 Å². The molecule has 0 heterocycles. The van der Waals surface area contributed by atoms with Crippen LogP contribution in [0.1, 0.15) is 144 Å². The smallest absolute Gasteiger partial charge is 0.333 e. The Morgan fingerprint density at radius 1 is 0.349 bits per heavy atom. The molecular formula is C36H63LuO6. The molecule has 0 amide bonds. The molecule has 0 aromatic rings. The van der Waals surface area contributed by atoms with E-state index < -0.39 is 32.5 Å². The number of carbonyl (C=O) groups is 6. The van der Waals surface area contributed by atoms with Gasteiger partial charge in [0, 0.05) is 34.7 Å². The molecule has 258 valence electrons. The summed E-state index contributed by atoms with van der Waals surface area (Å²) in [6.07, 6.45) is 6.01. The Hall–Kier alpha value is -1.14. The fourth-order valence-corrected chi connectivity index (χ4v) is 2.12. The van der Waals surface area contributed by atoms with Gasteiger partial charge in [-0.25, -0.2) is 0 Å². The zero-order valence-corrected chi connectivity index (χ0v) is 32.2. The molecule has 0 spiro atoms. The number of carbonyl (C=O) groups excluding carboxylic acids is 6. The molecule has 0 atom stereocenters. The van der Waals surface area contributed by atoms with Gasteiger partial charge in [0.1, 0.15) is 0 Å². The predicted octanol–water partition coefficient (Wildman–Crippen LogP) is 8.43. The van der Waals surface area contributed by atoms with Crippen LogP contribution in [-0.2, 0) is 28.8 Å². The maximum Gasteiger partial charge on any atom is 3.00 e. The van der Waals surface area contributed by atoms with Crippen molar-refractivity contribution in [3.63, 3.8) is 0 Å². The van der Waals surface area contributed by atoms with E-state index in [4.69, 9.17) is 0 Å². The van der Waals surface area contributed by atoms with Crippen molar-refractivity contribution >= 4 is 34.7 Å². The van der Waals surface area contributed by atoms with Gasteiger partial charge >= 0.3 is 36.9 Å². The number of hydrogen-bond acceptors (Lipinski definition) is 6. The summed E-state index contributed by atoms with van der Waals surface area (Å²) in [6.45, 7) is 33.4. The fourth-order valence-electron chi connectivity index (χ4n) is 2.12. The minimum Gasteiger partial charge on any atom is -0.333 e. The quantitative estimate of drug-likeness (QED) is 0.146. The van der Waals surface area contributed by atoms with Gasteiger partial charge in [-0.3, -0.25) is 19.3 Å². The van der Waals surface area contributed by atoms with Crippen LogP contribution >= 0.6 is 0 Å². The van der Waals surface area contributed by atoms with Crippen LogP contribution in [0, 0.1) is 88.6 Å².